The smallest absolute Gasteiger partial charge is 0.0487 e. The van der Waals surface area contributed by atoms with Crippen molar-refractivity contribution < 1.29 is 13.6 Å². The van der Waals surface area contributed by atoms with Crippen LogP contribution < -0.4 is 10.2 Å². The molecule has 0 unspecified atom stereocenters. The first-order valence-corrected chi connectivity index (χ1v) is 12.9. The second kappa shape index (κ2) is 11.4. The number of rotatable bonds is 7. The van der Waals surface area contributed by atoms with E-state index in [0.717, 1.165) is 75.6 Å². The minimum absolute atomic E-state index is 0.263. The van der Waals surface area contributed by atoms with Gasteiger partial charge in [0.05, 0.1) is 5.52 Å². The van der Waals surface area contributed by atoms with Crippen molar-refractivity contribution in [3.63, 3.8) is 0 Å². The third-order valence-electron chi connectivity index (χ3n) is 7.30. The van der Waals surface area contributed by atoms with Gasteiger partial charge in [0.15, 0.2) is 5.82 Å². The summed E-state index contributed by atoms with van der Waals surface area (Å²) in [5.74, 6) is 1.80. The van der Waals surface area contributed by atoms with E-state index in [4.69, 9.17) is 0 Å². The fraction of sp³-hybridized carbons (Fsp3) is 0.625. The molecule has 0 radical (unpaired) electrons. The first kappa shape index (κ1) is 24.8. The summed E-state index contributed by atoms with van der Waals surface area (Å²) in [5.41, 5.74) is 2.32. The fourth-order valence-corrected chi connectivity index (χ4v) is 5.67. The molecule has 2 fully saturated rings. The molecule has 184 valence electrons. The Balaban J connectivity index is 1.42. The van der Waals surface area contributed by atoms with Gasteiger partial charge in [-0.3, -0.25) is 9.58 Å². The van der Waals surface area contributed by atoms with E-state index in [-0.39, 0.29) is 12.5 Å². The number of aromatic nitrogens is 2. The van der Waals surface area contributed by atoms with Crippen LogP contribution in [0.25, 0.3) is 10.9 Å². The van der Waals surface area contributed by atoms with Gasteiger partial charge in [-0.25, -0.2) is 4.79 Å². The standard InChI is InChI=1S/C24H34N6O3S/c1-25-24(32)30(10-3-15-31)23-21-5-4-20(16-22(21)27(2)26-23)19-8-11-28(12-9-19)17-18-6-13-29(34-33)14-7-18/h4-5,15-16,18-19H,3,6-14,17H2,1-2H3/p+1. The van der Waals surface area contributed by atoms with Crippen molar-refractivity contribution in [3.05, 3.63) is 23.8 Å². The number of aryl methyl sites for hydroxylation is 1. The minimum Gasteiger partial charge on any atom is -0.0487 e. The number of benzene rings is 1. The number of piperidine rings is 2. The number of nitrogens with zero attached hydrogens (tertiary/aromatic N) is 5. The third-order valence-corrected chi connectivity index (χ3v) is 7.87. The Morgan fingerprint density at radius 2 is 1.97 bits per heavy atom. The summed E-state index contributed by atoms with van der Waals surface area (Å²) in [6.45, 7) is 5.47. The van der Waals surface area contributed by atoms with E-state index in [0.29, 0.717) is 35.9 Å². The molecule has 2 aliphatic rings. The zero-order chi connectivity index (χ0) is 24.1. The van der Waals surface area contributed by atoms with Crippen molar-refractivity contribution in [2.24, 2.45) is 13.0 Å². The summed E-state index contributed by atoms with van der Waals surface area (Å²) in [6, 6.07) is 6.18. The Morgan fingerprint density at radius 1 is 1.24 bits per heavy atom. The summed E-state index contributed by atoms with van der Waals surface area (Å²) < 4.78 is 14.7. The van der Waals surface area contributed by atoms with Crippen molar-refractivity contribution in [1.29, 1.82) is 0 Å². The Kier molecular flexibility index (Phi) is 8.36. The molecule has 4 rings (SSSR count). The number of hydrogen-bond donors (Lipinski definition) is 1. The van der Waals surface area contributed by atoms with Crippen molar-refractivity contribution in [2.45, 2.75) is 38.0 Å². The summed E-state index contributed by atoms with van der Waals surface area (Å²) in [6.07, 6.45) is 5.59. The number of carbonyl (C=O) groups is 2. The first-order valence-electron chi connectivity index (χ1n) is 12.2. The molecule has 0 spiro atoms. The van der Waals surface area contributed by atoms with E-state index in [1.165, 1.54) is 10.5 Å². The summed E-state index contributed by atoms with van der Waals surface area (Å²) in [4.78, 5) is 27.4. The predicted molar refractivity (Wildman–Crippen MR) is 134 cm³/mol. The molecule has 2 aliphatic heterocycles. The van der Waals surface area contributed by atoms with Crippen LogP contribution in [0.4, 0.5) is 10.6 Å². The topological polar surface area (TPSA) is 93.6 Å². The van der Waals surface area contributed by atoms with Crippen molar-refractivity contribution >= 4 is 40.7 Å². The summed E-state index contributed by atoms with van der Waals surface area (Å²) >= 11 is 0.629. The van der Waals surface area contributed by atoms with E-state index in [2.05, 4.69) is 33.5 Å². The van der Waals surface area contributed by atoms with Crippen LogP contribution in [0, 0.1) is 5.92 Å². The van der Waals surface area contributed by atoms with Crippen molar-refractivity contribution in [2.75, 3.05) is 51.2 Å². The zero-order valence-corrected chi connectivity index (χ0v) is 20.9. The second-order valence-corrected chi connectivity index (χ2v) is 10.1. The minimum atomic E-state index is -0.268. The monoisotopic (exact) mass is 487 g/mol. The van der Waals surface area contributed by atoms with Crippen LogP contribution in [0.3, 0.4) is 0 Å². The second-order valence-electron chi connectivity index (χ2n) is 9.41. The molecule has 2 aromatic rings. The number of anilines is 1. The first-order chi connectivity index (χ1) is 16.5. The number of carbonyl (C=O) groups excluding carboxylic acids is 2. The molecule has 10 heteroatoms. The van der Waals surface area contributed by atoms with Crippen LogP contribution in [0.2, 0.25) is 0 Å². The average molecular weight is 488 g/mol. The fourth-order valence-electron chi connectivity index (χ4n) is 5.31. The van der Waals surface area contributed by atoms with E-state index in [1.54, 1.807) is 7.05 Å². The molecule has 0 bridgehead atoms. The van der Waals surface area contributed by atoms with Crippen LogP contribution in [0.15, 0.2) is 18.2 Å². The van der Waals surface area contributed by atoms with E-state index in [9.17, 15) is 13.6 Å². The maximum absolute atomic E-state index is 12.4. The van der Waals surface area contributed by atoms with E-state index < -0.39 is 0 Å². The Labute approximate surface area is 204 Å². The Hall–Kier alpha value is -2.27. The summed E-state index contributed by atoms with van der Waals surface area (Å²) in [7, 11) is 3.48. The van der Waals surface area contributed by atoms with Crippen LogP contribution >= 0.6 is 11.7 Å². The van der Waals surface area contributed by atoms with Gasteiger partial charge < -0.3 is 10.1 Å². The van der Waals surface area contributed by atoms with Crippen molar-refractivity contribution in [3.8, 4) is 0 Å². The molecule has 9 nitrogen and oxygen atoms in total. The van der Waals surface area contributed by atoms with Gasteiger partial charge in [0.25, 0.3) is 0 Å². The van der Waals surface area contributed by atoms with Gasteiger partial charge >= 0.3 is 119 Å². The molecule has 34 heavy (non-hydrogen) atoms. The van der Waals surface area contributed by atoms with Gasteiger partial charge in [0, 0.05) is 32.4 Å². The molecule has 3 heterocycles. The number of nitrogens with one attached hydrogen (secondary N) is 1. The van der Waals surface area contributed by atoms with Crippen LogP contribution in [-0.4, -0.2) is 77.6 Å². The normalized spacial score (nSPS) is 18.7. The molecule has 0 atom stereocenters. The third kappa shape index (κ3) is 5.51. The molecule has 0 aliphatic carbocycles. The number of amides is 2. The van der Waals surface area contributed by atoms with E-state index >= 15 is 0 Å². The van der Waals surface area contributed by atoms with Crippen LogP contribution in [-0.2, 0) is 15.9 Å². The quantitative estimate of drug-likeness (QED) is 0.368. The molecular formula is C24H35N6O3S+. The Morgan fingerprint density at radius 3 is 2.62 bits per heavy atom. The molecule has 1 aromatic carbocycles. The number of hydrogen-bond acceptors (Lipinski definition) is 5. The number of likely N-dealkylation sites (tertiary alicyclic amines) is 1. The number of fused-ring (bicyclic) bond motifs is 1. The molecule has 2 saturated heterocycles. The van der Waals surface area contributed by atoms with Crippen molar-refractivity contribution in [1.82, 2.24) is 24.3 Å². The van der Waals surface area contributed by atoms with Gasteiger partial charge in [-0.2, -0.15) is 5.10 Å². The predicted octanol–water partition coefficient (Wildman–Crippen LogP) is 3.19. The van der Waals surface area contributed by atoms with Gasteiger partial charge in [-0.05, 0) is 6.07 Å². The average Bonchev–Trinajstić information content (AvgIpc) is 3.20. The molecule has 2 amide bonds. The molecular weight excluding hydrogens is 452 g/mol. The van der Waals surface area contributed by atoms with E-state index in [1.807, 2.05) is 16.0 Å². The number of urea groups is 1. The maximum atomic E-state index is 12.4. The van der Waals surface area contributed by atoms with Gasteiger partial charge in [-0.15, -0.1) is 0 Å². The summed E-state index contributed by atoms with van der Waals surface area (Å²) in [5, 5.41) is 8.19. The molecule has 1 aromatic heterocycles. The molecule has 0 saturated carbocycles. The van der Waals surface area contributed by atoms with Gasteiger partial charge in [0.2, 0.25) is 0 Å². The Bertz CT molecular complexity index is 1050. The van der Waals surface area contributed by atoms with Gasteiger partial charge in [-0.1, -0.05) is 0 Å². The van der Waals surface area contributed by atoms with Crippen LogP contribution in [0.5, 0.6) is 0 Å². The van der Waals surface area contributed by atoms with Crippen LogP contribution in [0.1, 0.15) is 43.6 Å². The SMILES string of the molecule is CNC(=O)N(CCC=O)c1nn(C)c2cc(C3CCN(CC4CCN(S#[O+])CC4)CC3)ccc12. The van der Waals surface area contributed by atoms with Gasteiger partial charge in [0.1, 0.15) is 6.29 Å². The number of aldehydes is 1. The molecule has 1 N–H and O–H groups in total. The zero-order valence-electron chi connectivity index (χ0n) is 20.1.